The Balaban J connectivity index is 2.04. The lowest BCUT2D eigenvalue weighted by Crippen LogP contribution is -2.26. The van der Waals surface area contributed by atoms with E-state index in [1.165, 1.54) is 11.3 Å². The fourth-order valence-corrected chi connectivity index (χ4v) is 5.36. The van der Waals surface area contributed by atoms with E-state index in [4.69, 9.17) is 0 Å². The van der Waals surface area contributed by atoms with Crippen LogP contribution in [0.15, 0.2) is 31.8 Å². The highest BCUT2D eigenvalue weighted by Crippen LogP contribution is 2.42. The Morgan fingerprint density at radius 2 is 2.00 bits per heavy atom. The first-order valence-corrected chi connectivity index (χ1v) is 8.79. The lowest BCUT2D eigenvalue weighted by molar-refractivity contribution is -0.119. The van der Waals surface area contributed by atoms with Gasteiger partial charge in [0.15, 0.2) is 0 Å². The largest absolute Gasteiger partial charge is 0.384 e. The fourth-order valence-electron chi connectivity index (χ4n) is 2.48. The molecule has 2 aromatic rings. The van der Waals surface area contributed by atoms with Gasteiger partial charge in [0.1, 0.15) is 6.10 Å². The van der Waals surface area contributed by atoms with Gasteiger partial charge in [0, 0.05) is 11.3 Å². The van der Waals surface area contributed by atoms with Crippen LogP contribution in [0, 0.1) is 0 Å². The van der Waals surface area contributed by atoms with Crippen molar-refractivity contribution in [1.82, 2.24) is 0 Å². The van der Waals surface area contributed by atoms with Crippen LogP contribution in [0.4, 0.5) is 5.69 Å². The van der Waals surface area contributed by atoms with Crippen molar-refractivity contribution in [2.24, 2.45) is 0 Å². The first-order valence-electron chi connectivity index (χ1n) is 6.39. The Kier molecular flexibility index (Phi) is 3.76. The lowest BCUT2D eigenvalue weighted by Gasteiger charge is -2.17. The van der Waals surface area contributed by atoms with E-state index in [0.29, 0.717) is 0 Å². The van der Waals surface area contributed by atoms with E-state index < -0.39 is 11.5 Å². The third kappa shape index (κ3) is 2.48. The molecule has 6 heteroatoms. The smallest absolute Gasteiger partial charge is 0.234 e. The van der Waals surface area contributed by atoms with Crippen molar-refractivity contribution in [3.63, 3.8) is 0 Å². The number of thiophene rings is 1. The average molecular weight is 431 g/mol. The van der Waals surface area contributed by atoms with E-state index in [0.717, 1.165) is 30.0 Å². The van der Waals surface area contributed by atoms with Crippen molar-refractivity contribution >= 4 is 54.8 Å². The molecule has 0 bridgehead atoms. The summed E-state index contributed by atoms with van der Waals surface area (Å²) in [5.74, 6) is -0.0106. The van der Waals surface area contributed by atoms with E-state index in [1.54, 1.807) is 0 Å². The van der Waals surface area contributed by atoms with Crippen molar-refractivity contribution in [2.75, 3.05) is 5.32 Å². The SMILES string of the molecule is CC1(C)C(=O)Nc2ccc(C(O)c3cc(Br)sc3Br)cc21. The van der Waals surface area contributed by atoms with Gasteiger partial charge in [-0.1, -0.05) is 6.07 Å². The van der Waals surface area contributed by atoms with Crippen molar-refractivity contribution in [3.05, 3.63) is 48.5 Å². The summed E-state index contributed by atoms with van der Waals surface area (Å²) in [5, 5.41) is 13.5. The third-order valence-electron chi connectivity index (χ3n) is 3.83. The zero-order valence-electron chi connectivity index (χ0n) is 11.4. The molecule has 1 aliphatic rings. The molecule has 2 heterocycles. The Morgan fingerprint density at radius 3 is 2.62 bits per heavy atom. The first kappa shape index (κ1) is 15.2. The van der Waals surface area contributed by atoms with Gasteiger partial charge >= 0.3 is 0 Å². The van der Waals surface area contributed by atoms with Crippen LogP contribution < -0.4 is 5.32 Å². The van der Waals surface area contributed by atoms with E-state index in [2.05, 4.69) is 37.2 Å². The monoisotopic (exact) mass is 429 g/mol. The predicted octanol–water partition coefficient (Wildman–Crippen LogP) is 4.58. The molecular weight excluding hydrogens is 418 g/mol. The number of nitrogens with one attached hydrogen (secondary N) is 1. The molecular formula is C15H13Br2NO2S. The van der Waals surface area contributed by atoms with Crippen molar-refractivity contribution in [3.8, 4) is 0 Å². The average Bonchev–Trinajstić information content (AvgIpc) is 2.87. The molecule has 3 nitrogen and oxygen atoms in total. The topological polar surface area (TPSA) is 49.3 Å². The van der Waals surface area contributed by atoms with Gasteiger partial charge in [-0.15, -0.1) is 11.3 Å². The van der Waals surface area contributed by atoms with Crippen molar-refractivity contribution in [1.29, 1.82) is 0 Å². The third-order valence-corrected chi connectivity index (χ3v) is 6.21. The van der Waals surface area contributed by atoms with Crippen LogP contribution in [0.2, 0.25) is 0 Å². The molecule has 0 aliphatic carbocycles. The minimum absolute atomic E-state index is 0.0106. The van der Waals surface area contributed by atoms with Crippen molar-refractivity contribution in [2.45, 2.75) is 25.4 Å². The lowest BCUT2D eigenvalue weighted by atomic mass is 9.84. The molecule has 1 aromatic carbocycles. The minimum atomic E-state index is -0.723. The van der Waals surface area contributed by atoms with Crippen LogP contribution in [0.3, 0.4) is 0 Å². The van der Waals surface area contributed by atoms with Gasteiger partial charge in [-0.05, 0) is 75.0 Å². The van der Waals surface area contributed by atoms with Crippen LogP contribution in [0.1, 0.15) is 36.6 Å². The van der Waals surface area contributed by atoms with Gasteiger partial charge in [-0.25, -0.2) is 0 Å². The second kappa shape index (κ2) is 5.19. The summed E-state index contributed by atoms with van der Waals surface area (Å²) in [5.41, 5.74) is 2.78. The number of carbonyl (C=O) groups is 1. The molecule has 2 N–H and O–H groups in total. The standard InChI is InChI=1S/C15H13Br2NO2S/c1-15(2)9-5-7(3-4-10(9)18-14(15)20)12(19)8-6-11(16)21-13(8)17/h3-6,12,19H,1-2H3,(H,18,20). The number of carbonyl (C=O) groups excluding carboxylic acids is 1. The van der Waals surface area contributed by atoms with Gasteiger partial charge in [0.2, 0.25) is 5.91 Å². The molecule has 0 spiro atoms. The maximum absolute atomic E-state index is 12.0. The van der Waals surface area contributed by atoms with E-state index in [-0.39, 0.29) is 5.91 Å². The molecule has 0 radical (unpaired) electrons. The van der Waals surface area contributed by atoms with E-state index in [1.807, 2.05) is 38.1 Å². The number of hydrogen-bond donors (Lipinski definition) is 2. The molecule has 0 fully saturated rings. The number of amides is 1. The summed E-state index contributed by atoms with van der Waals surface area (Å²) in [4.78, 5) is 12.0. The van der Waals surface area contributed by atoms with Gasteiger partial charge in [-0.2, -0.15) is 0 Å². The van der Waals surface area contributed by atoms with Crippen LogP contribution in [-0.2, 0) is 10.2 Å². The van der Waals surface area contributed by atoms with Crippen LogP contribution in [0.25, 0.3) is 0 Å². The number of hydrogen-bond acceptors (Lipinski definition) is 3. The van der Waals surface area contributed by atoms with E-state index >= 15 is 0 Å². The van der Waals surface area contributed by atoms with Crippen LogP contribution in [0.5, 0.6) is 0 Å². The summed E-state index contributed by atoms with van der Waals surface area (Å²) >= 11 is 8.42. The molecule has 1 aromatic heterocycles. The van der Waals surface area contributed by atoms with Gasteiger partial charge in [-0.3, -0.25) is 4.79 Å². The summed E-state index contributed by atoms with van der Waals surface area (Å²) in [6, 6.07) is 7.52. The zero-order valence-corrected chi connectivity index (χ0v) is 15.4. The second-order valence-electron chi connectivity index (χ2n) is 5.57. The zero-order chi connectivity index (χ0) is 15.4. The number of fused-ring (bicyclic) bond motifs is 1. The maximum Gasteiger partial charge on any atom is 0.234 e. The Hall–Kier alpha value is -0.690. The predicted molar refractivity (Wildman–Crippen MR) is 91.9 cm³/mol. The molecule has 1 aliphatic heterocycles. The highest BCUT2D eigenvalue weighted by Gasteiger charge is 2.38. The molecule has 1 amide bonds. The first-order chi connectivity index (χ1) is 9.80. The molecule has 3 rings (SSSR count). The Bertz CT molecular complexity index is 739. The van der Waals surface area contributed by atoms with Crippen LogP contribution >= 0.6 is 43.2 Å². The van der Waals surface area contributed by atoms with Gasteiger partial charge in [0.05, 0.1) is 13.0 Å². The Labute approximate surface area is 143 Å². The molecule has 1 unspecified atom stereocenters. The second-order valence-corrected chi connectivity index (χ2v) is 9.32. The highest BCUT2D eigenvalue weighted by molar-refractivity contribution is 9.12. The Morgan fingerprint density at radius 1 is 1.29 bits per heavy atom. The number of rotatable bonds is 2. The number of anilines is 1. The maximum atomic E-state index is 12.0. The molecule has 21 heavy (non-hydrogen) atoms. The number of aliphatic hydroxyl groups is 1. The molecule has 0 saturated carbocycles. The number of halogens is 2. The summed E-state index contributed by atoms with van der Waals surface area (Å²) in [6.45, 7) is 3.78. The summed E-state index contributed by atoms with van der Waals surface area (Å²) in [6.07, 6.45) is -0.723. The van der Waals surface area contributed by atoms with Crippen molar-refractivity contribution < 1.29 is 9.90 Å². The molecule has 0 saturated heterocycles. The fraction of sp³-hybridized carbons (Fsp3) is 0.267. The minimum Gasteiger partial charge on any atom is -0.384 e. The summed E-state index contributed by atoms with van der Waals surface area (Å²) < 4.78 is 1.86. The van der Waals surface area contributed by atoms with Gasteiger partial charge < -0.3 is 10.4 Å². The normalized spacial score (nSPS) is 17.5. The quantitative estimate of drug-likeness (QED) is 0.732. The molecule has 110 valence electrons. The number of benzene rings is 1. The molecule has 1 atom stereocenters. The van der Waals surface area contributed by atoms with Gasteiger partial charge in [0.25, 0.3) is 0 Å². The summed E-state index contributed by atoms with van der Waals surface area (Å²) in [7, 11) is 0. The highest BCUT2D eigenvalue weighted by atomic mass is 79.9. The van der Waals surface area contributed by atoms with Crippen LogP contribution in [-0.4, -0.2) is 11.0 Å². The van der Waals surface area contributed by atoms with E-state index in [9.17, 15) is 9.90 Å². The number of aliphatic hydroxyl groups excluding tert-OH is 1.